The SMILES string of the molecule is CC(C)(C)N(C(=O)O)[C@@H](CC(=O)NNC1=NCCc2cnc(C(F)(F)F)nc21)Cc1cc(F)c(F)cc1F. The molecule has 0 saturated carbocycles. The molecule has 0 radical (unpaired) electrons. The van der Waals surface area contributed by atoms with Crippen molar-refractivity contribution < 1.29 is 41.0 Å². The number of aliphatic imine (C=N–C) groups is 1. The Balaban J connectivity index is 1.82. The van der Waals surface area contributed by atoms with E-state index in [0.717, 1.165) is 11.1 Å². The van der Waals surface area contributed by atoms with Gasteiger partial charge in [0.05, 0.1) is 0 Å². The lowest BCUT2D eigenvalue weighted by Crippen LogP contribution is -2.54. The van der Waals surface area contributed by atoms with Gasteiger partial charge in [-0.15, -0.1) is 0 Å². The molecular weight excluding hydrogens is 522 g/mol. The number of halogens is 6. The summed E-state index contributed by atoms with van der Waals surface area (Å²) in [6.45, 7) is 4.75. The monoisotopic (exact) mass is 546 g/mol. The Hall–Kier alpha value is -3.91. The molecule has 1 atom stereocenters. The van der Waals surface area contributed by atoms with Crippen molar-refractivity contribution in [3.63, 3.8) is 0 Å². The van der Waals surface area contributed by atoms with Crippen LogP contribution in [0.25, 0.3) is 0 Å². The third-order valence-electron chi connectivity index (χ3n) is 5.57. The standard InChI is InChI=1S/C23H24F6N6O3/c1-22(2,3)35(21(37)38)13(6-12-7-15(25)16(26)9-14(12)24)8-17(36)33-34-19-18-11(4-5-30-19)10-31-20(32-18)23(27,28)29/h7,9-10,13H,4-6,8H2,1-3H3,(H,30,34)(H,33,36)(H,37,38)/t13-/m1/s1. The van der Waals surface area contributed by atoms with Gasteiger partial charge in [0, 0.05) is 42.4 Å². The van der Waals surface area contributed by atoms with Crippen LogP contribution in [0.3, 0.4) is 0 Å². The third-order valence-corrected chi connectivity index (χ3v) is 5.57. The van der Waals surface area contributed by atoms with E-state index in [2.05, 4.69) is 25.8 Å². The molecule has 206 valence electrons. The predicted molar refractivity (Wildman–Crippen MR) is 121 cm³/mol. The molecule has 1 aliphatic heterocycles. The molecule has 1 aromatic heterocycles. The van der Waals surface area contributed by atoms with Gasteiger partial charge in [-0.1, -0.05) is 0 Å². The van der Waals surface area contributed by atoms with Crippen molar-refractivity contribution in [1.29, 1.82) is 0 Å². The Morgan fingerprint density at radius 2 is 1.76 bits per heavy atom. The molecule has 3 rings (SSSR count). The van der Waals surface area contributed by atoms with Crippen LogP contribution in [-0.2, 0) is 23.8 Å². The number of nitrogens with zero attached hydrogens (tertiary/aromatic N) is 4. The molecule has 0 fully saturated rings. The number of amidine groups is 1. The average molecular weight is 546 g/mol. The van der Waals surface area contributed by atoms with Crippen LogP contribution in [0.2, 0.25) is 0 Å². The Morgan fingerprint density at radius 1 is 1.11 bits per heavy atom. The first-order chi connectivity index (χ1) is 17.6. The van der Waals surface area contributed by atoms with Crippen LogP contribution in [0, 0.1) is 17.5 Å². The minimum absolute atomic E-state index is 0.165. The maximum absolute atomic E-state index is 14.3. The zero-order valence-corrected chi connectivity index (χ0v) is 20.5. The van der Waals surface area contributed by atoms with Crippen LogP contribution in [0.4, 0.5) is 31.1 Å². The van der Waals surface area contributed by atoms with E-state index in [1.807, 2.05) is 0 Å². The van der Waals surface area contributed by atoms with Crippen molar-refractivity contribution in [2.75, 3.05) is 6.54 Å². The van der Waals surface area contributed by atoms with Crippen molar-refractivity contribution in [3.8, 4) is 0 Å². The van der Waals surface area contributed by atoms with Gasteiger partial charge in [0.2, 0.25) is 11.7 Å². The molecule has 2 amide bonds. The van der Waals surface area contributed by atoms with Gasteiger partial charge >= 0.3 is 12.3 Å². The molecule has 38 heavy (non-hydrogen) atoms. The fourth-order valence-electron chi connectivity index (χ4n) is 4.01. The highest BCUT2D eigenvalue weighted by Gasteiger charge is 2.37. The van der Waals surface area contributed by atoms with Crippen molar-refractivity contribution >= 4 is 17.8 Å². The minimum atomic E-state index is -4.81. The third kappa shape index (κ3) is 6.69. The molecule has 0 unspecified atom stereocenters. The van der Waals surface area contributed by atoms with Gasteiger partial charge in [0.25, 0.3) is 0 Å². The number of amides is 2. The number of alkyl halides is 3. The van der Waals surface area contributed by atoms with E-state index in [4.69, 9.17) is 0 Å². The van der Waals surface area contributed by atoms with E-state index in [1.165, 1.54) is 20.8 Å². The number of nitrogens with one attached hydrogen (secondary N) is 2. The van der Waals surface area contributed by atoms with Gasteiger partial charge in [-0.05, 0) is 45.2 Å². The minimum Gasteiger partial charge on any atom is -0.465 e. The van der Waals surface area contributed by atoms with Gasteiger partial charge in [-0.3, -0.25) is 25.5 Å². The second kappa shape index (κ2) is 10.8. The summed E-state index contributed by atoms with van der Waals surface area (Å²) in [7, 11) is 0. The fourth-order valence-corrected chi connectivity index (χ4v) is 4.01. The molecule has 2 heterocycles. The van der Waals surface area contributed by atoms with Gasteiger partial charge < -0.3 is 5.11 Å². The molecule has 2 aromatic rings. The highest BCUT2D eigenvalue weighted by molar-refractivity contribution is 5.99. The molecule has 0 bridgehead atoms. The molecule has 9 nitrogen and oxygen atoms in total. The van der Waals surface area contributed by atoms with Crippen LogP contribution < -0.4 is 10.9 Å². The molecule has 1 aliphatic rings. The Morgan fingerprint density at radius 3 is 2.37 bits per heavy atom. The zero-order valence-electron chi connectivity index (χ0n) is 20.5. The van der Waals surface area contributed by atoms with Gasteiger partial charge in [-0.2, -0.15) is 13.2 Å². The van der Waals surface area contributed by atoms with E-state index < -0.39 is 65.9 Å². The second-order valence-electron chi connectivity index (χ2n) is 9.46. The largest absolute Gasteiger partial charge is 0.465 e. The number of carbonyl (C=O) groups excluding carboxylic acids is 1. The molecule has 0 spiro atoms. The highest BCUT2D eigenvalue weighted by Crippen LogP contribution is 2.27. The summed E-state index contributed by atoms with van der Waals surface area (Å²) >= 11 is 0. The number of rotatable bonds is 5. The van der Waals surface area contributed by atoms with E-state index in [1.54, 1.807) is 0 Å². The number of benzene rings is 1. The molecule has 15 heteroatoms. The lowest BCUT2D eigenvalue weighted by atomic mass is 9.95. The Bertz CT molecular complexity index is 1260. The van der Waals surface area contributed by atoms with Crippen LogP contribution in [0.1, 0.15) is 49.8 Å². The van der Waals surface area contributed by atoms with Gasteiger partial charge in [0.1, 0.15) is 11.5 Å². The fraction of sp³-hybridized carbons (Fsp3) is 0.435. The van der Waals surface area contributed by atoms with Gasteiger partial charge in [0.15, 0.2) is 17.5 Å². The summed E-state index contributed by atoms with van der Waals surface area (Å²) < 4.78 is 80.7. The van der Waals surface area contributed by atoms with Crippen LogP contribution in [0.5, 0.6) is 0 Å². The normalized spacial score (nSPS) is 14.3. The first kappa shape index (κ1) is 28.7. The summed E-state index contributed by atoms with van der Waals surface area (Å²) in [6.07, 6.45) is -6.03. The maximum Gasteiger partial charge on any atom is 0.451 e. The number of carbonyl (C=O) groups is 2. The summed E-state index contributed by atoms with van der Waals surface area (Å²) in [5.41, 5.74) is 3.40. The summed E-state index contributed by atoms with van der Waals surface area (Å²) in [5.74, 6) is -6.30. The number of carboxylic acid groups (broad SMARTS) is 1. The maximum atomic E-state index is 14.3. The van der Waals surface area contributed by atoms with Crippen LogP contribution in [-0.4, -0.2) is 55.9 Å². The zero-order chi connectivity index (χ0) is 28.4. The number of hydrazine groups is 1. The van der Waals surface area contributed by atoms with Crippen LogP contribution in [0.15, 0.2) is 23.3 Å². The quantitative estimate of drug-likeness (QED) is 0.300. The first-order valence-electron chi connectivity index (χ1n) is 11.3. The van der Waals surface area contributed by atoms with Crippen molar-refractivity contribution in [2.45, 2.75) is 57.8 Å². The number of hydrogen-bond acceptors (Lipinski definition) is 6. The van der Waals surface area contributed by atoms with Crippen LogP contribution >= 0.6 is 0 Å². The molecule has 1 aromatic carbocycles. The number of aromatic nitrogens is 2. The second-order valence-corrected chi connectivity index (χ2v) is 9.46. The molecule has 3 N–H and O–H groups in total. The van der Waals surface area contributed by atoms with E-state index in [-0.39, 0.29) is 30.1 Å². The summed E-state index contributed by atoms with van der Waals surface area (Å²) in [4.78, 5) is 36.6. The summed E-state index contributed by atoms with van der Waals surface area (Å²) in [6, 6.07) is -0.336. The number of hydrogen-bond donors (Lipinski definition) is 3. The smallest absolute Gasteiger partial charge is 0.451 e. The molecular formula is C23H24F6N6O3. The average Bonchev–Trinajstić information content (AvgIpc) is 2.79. The summed E-state index contributed by atoms with van der Waals surface area (Å²) in [5, 5.41) is 9.80. The Kier molecular flexibility index (Phi) is 8.17. The van der Waals surface area contributed by atoms with Crippen molar-refractivity contribution in [2.24, 2.45) is 4.99 Å². The van der Waals surface area contributed by atoms with Crippen molar-refractivity contribution in [3.05, 3.63) is 58.4 Å². The number of fused-ring (bicyclic) bond motifs is 1. The topological polar surface area (TPSA) is 120 Å². The first-order valence-corrected chi connectivity index (χ1v) is 11.3. The van der Waals surface area contributed by atoms with Crippen molar-refractivity contribution in [1.82, 2.24) is 25.7 Å². The van der Waals surface area contributed by atoms with Gasteiger partial charge in [-0.25, -0.2) is 27.9 Å². The predicted octanol–water partition coefficient (Wildman–Crippen LogP) is 3.62. The highest BCUT2D eigenvalue weighted by atomic mass is 19.4. The van der Waals surface area contributed by atoms with E-state index in [0.29, 0.717) is 17.7 Å². The molecule has 0 saturated heterocycles. The van der Waals surface area contributed by atoms with E-state index in [9.17, 15) is 41.0 Å². The Labute approximate surface area is 213 Å². The van der Waals surface area contributed by atoms with E-state index >= 15 is 0 Å². The lowest BCUT2D eigenvalue weighted by molar-refractivity contribution is -0.145. The lowest BCUT2D eigenvalue weighted by Gasteiger charge is -2.39. The molecule has 0 aliphatic carbocycles.